The second kappa shape index (κ2) is 6.73. The molecule has 0 radical (unpaired) electrons. The molecule has 0 unspecified atom stereocenters. The normalized spacial score (nSPS) is 18.3. The molecule has 2 heterocycles. The Hall–Kier alpha value is -1.59. The van der Waals surface area contributed by atoms with Crippen LogP contribution in [0.1, 0.15) is 11.3 Å². The van der Waals surface area contributed by atoms with Crippen molar-refractivity contribution in [1.82, 2.24) is 5.32 Å². The highest BCUT2D eigenvalue weighted by molar-refractivity contribution is 14.1. The fourth-order valence-corrected chi connectivity index (χ4v) is 4.28. The Labute approximate surface area is 156 Å². The molecular weight excluding hydrogens is 463 g/mol. The highest BCUT2D eigenvalue weighted by atomic mass is 127. The lowest BCUT2D eigenvalue weighted by molar-refractivity contribution is -0.115. The summed E-state index contributed by atoms with van der Waals surface area (Å²) in [6, 6.07) is 9.84. The Bertz CT molecular complexity index is 960. The van der Waals surface area contributed by atoms with Gasteiger partial charge < -0.3 is 4.42 Å². The number of nitrogens with zero attached hydrogens (tertiary/aromatic N) is 1. The van der Waals surface area contributed by atoms with Gasteiger partial charge in [0, 0.05) is 6.08 Å². The Balaban J connectivity index is 1.86. The first-order valence-electron chi connectivity index (χ1n) is 6.71. The first-order chi connectivity index (χ1) is 11.3. The van der Waals surface area contributed by atoms with Crippen LogP contribution in [0.5, 0.6) is 0 Å². The third-order valence-electron chi connectivity index (χ3n) is 3.04. The van der Waals surface area contributed by atoms with Crippen LogP contribution in [0, 0.1) is 10.7 Å². The van der Waals surface area contributed by atoms with Gasteiger partial charge in [0.1, 0.15) is 5.76 Å². The topological polar surface area (TPSA) is 88.7 Å². The molecule has 6 nitrogen and oxygen atoms in total. The van der Waals surface area contributed by atoms with Crippen molar-refractivity contribution in [2.24, 2.45) is 4.40 Å². The van der Waals surface area contributed by atoms with Gasteiger partial charge in [0.05, 0.1) is 9.80 Å². The molecule has 1 saturated heterocycles. The summed E-state index contributed by atoms with van der Waals surface area (Å²) < 4.78 is 34.3. The third kappa shape index (κ3) is 3.90. The number of sulfonamides is 1. The van der Waals surface area contributed by atoms with Crippen LogP contribution < -0.4 is 5.32 Å². The summed E-state index contributed by atoms with van der Waals surface area (Å²) in [5.74, 6) is 0.101. The van der Waals surface area contributed by atoms with Gasteiger partial charge in [-0.25, -0.2) is 0 Å². The van der Waals surface area contributed by atoms with Crippen molar-refractivity contribution in [2.45, 2.75) is 11.8 Å². The molecule has 0 aliphatic carbocycles. The second-order valence-corrected chi connectivity index (χ2v) is 8.59. The third-order valence-corrected chi connectivity index (χ3v) is 5.94. The number of carbonyl (C=O) groups excluding carboxylic acids is 1. The molecule has 1 N–H and O–H groups in total. The summed E-state index contributed by atoms with van der Waals surface area (Å²) in [5, 5.41) is 2.47. The molecule has 2 aromatic rings. The van der Waals surface area contributed by atoms with Crippen LogP contribution in [0.2, 0.25) is 0 Å². The molecule has 0 atom stereocenters. The number of amidine groups is 1. The maximum atomic E-state index is 12.3. The number of thioether (sulfide) groups is 1. The van der Waals surface area contributed by atoms with Gasteiger partial charge in [0.2, 0.25) is 0 Å². The Morgan fingerprint density at radius 2 is 1.92 bits per heavy atom. The van der Waals surface area contributed by atoms with Crippen LogP contribution >= 0.6 is 34.4 Å². The van der Waals surface area contributed by atoms with E-state index in [-0.39, 0.29) is 10.1 Å². The fraction of sp³-hybridized carbons (Fsp3) is 0.0667. The van der Waals surface area contributed by atoms with Crippen LogP contribution in [-0.2, 0) is 14.8 Å². The van der Waals surface area contributed by atoms with Crippen LogP contribution in [0.15, 0.2) is 55.0 Å². The number of aryl methyl sites for hydroxylation is 1. The second-order valence-electron chi connectivity index (χ2n) is 4.89. The van der Waals surface area contributed by atoms with Gasteiger partial charge in [-0.05, 0) is 65.5 Å². The number of rotatable bonds is 3. The standard InChI is InChI=1S/C15H11IN2O4S2/c1-9-2-5-11(6-3-9)24(20,21)18-15-17-14(19)12(23-15)8-10-4-7-13(16)22-10/h2-8H,1H3,(H,17,18,19). The number of hydrogen-bond acceptors (Lipinski definition) is 5. The number of benzene rings is 1. The van der Waals surface area contributed by atoms with Crippen LogP contribution in [0.4, 0.5) is 0 Å². The summed E-state index contributed by atoms with van der Waals surface area (Å²) in [6.07, 6.45) is 1.54. The number of halogens is 1. The average molecular weight is 474 g/mol. The number of hydrogen-bond donors (Lipinski definition) is 1. The zero-order valence-electron chi connectivity index (χ0n) is 12.3. The van der Waals surface area contributed by atoms with Gasteiger partial charge in [-0.1, -0.05) is 17.7 Å². The summed E-state index contributed by atoms with van der Waals surface area (Å²) in [6.45, 7) is 1.86. The van der Waals surface area contributed by atoms with E-state index < -0.39 is 15.9 Å². The molecule has 1 aliphatic heterocycles. The predicted octanol–water partition coefficient (Wildman–Crippen LogP) is 3.14. The van der Waals surface area contributed by atoms with Gasteiger partial charge in [-0.2, -0.15) is 8.42 Å². The Morgan fingerprint density at radius 3 is 2.54 bits per heavy atom. The molecule has 0 bridgehead atoms. The summed E-state index contributed by atoms with van der Waals surface area (Å²) in [7, 11) is -3.88. The Kier molecular flexibility index (Phi) is 4.83. The highest BCUT2D eigenvalue weighted by Gasteiger charge is 2.26. The minimum absolute atomic E-state index is 0.0214. The van der Waals surface area contributed by atoms with E-state index in [9.17, 15) is 13.2 Å². The molecule has 1 amide bonds. The monoisotopic (exact) mass is 474 g/mol. The maximum Gasteiger partial charge on any atom is 0.284 e. The molecule has 0 saturated carbocycles. The zero-order chi connectivity index (χ0) is 17.3. The molecule has 9 heteroatoms. The first-order valence-corrected chi connectivity index (χ1v) is 10.0. The number of furan rings is 1. The van der Waals surface area contributed by atoms with Gasteiger partial charge >= 0.3 is 0 Å². The lowest BCUT2D eigenvalue weighted by Crippen LogP contribution is -2.20. The fourth-order valence-electron chi connectivity index (χ4n) is 1.88. The molecule has 124 valence electrons. The van der Waals surface area contributed by atoms with Crippen molar-refractivity contribution in [1.29, 1.82) is 0 Å². The zero-order valence-corrected chi connectivity index (χ0v) is 16.1. The first kappa shape index (κ1) is 17.2. The van der Waals surface area contributed by atoms with Gasteiger partial charge in [-0.3, -0.25) is 10.1 Å². The van der Waals surface area contributed by atoms with Crippen LogP contribution in [-0.4, -0.2) is 19.5 Å². The minimum Gasteiger partial charge on any atom is -0.451 e. The lowest BCUT2D eigenvalue weighted by Gasteiger charge is -2.00. The SMILES string of the molecule is Cc1ccc(S(=O)(=O)N=C2NC(=O)C(=Cc3ccc(I)o3)S2)cc1. The van der Waals surface area contributed by atoms with E-state index in [0.29, 0.717) is 14.4 Å². The van der Waals surface area contributed by atoms with E-state index in [2.05, 4.69) is 9.71 Å². The molecule has 1 aromatic carbocycles. The largest absolute Gasteiger partial charge is 0.451 e. The van der Waals surface area contributed by atoms with Crippen molar-refractivity contribution in [2.75, 3.05) is 0 Å². The molecule has 1 fully saturated rings. The Morgan fingerprint density at radius 1 is 1.21 bits per heavy atom. The van der Waals surface area contributed by atoms with E-state index >= 15 is 0 Å². The smallest absolute Gasteiger partial charge is 0.284 e. The van der Waals surface area contributed by atoms with E-state index in [0.717, 1.165) is 17.3 Å². The van der Waals surface area contributed by atoms with Crippen molar-refractivity contribution >= 4 is 61.5 Å². The predicted molar refractivity (Wildman–Crippen MR) is 101 cm³/mol. The molecule has 24 heavy (non-hydrogen) atoms. The van der Waals surface area contributed by atoms with E-state index in [1.807, 2.05) is 29.5 Å². The average Bonchev–Trinajstić information content (AvgIpc) is 3.05. The van der Waals surface area contributed by atoms with E-state index in [4.69, 9.17) is 4.42 Å². The van der Waals surface area contributed by atoms with Crippen molar-refractivity contribution in [3.05, 3.63) is 56.4 Å². The lowest BCUT2D eigenvalue weighted by atomic mass is 10.2. The molecular formula is C15H11IN2O4S2. The van der Waals surface area contributed by atoms with Crippen molar-refractivity contribution < 1.29 is 17.6 Å². The van der Waals surface area contributed by atoms with E-state index in [1.165, 1.54) is 12.1 Å². The summed E-state index contributed by atoms with van der Waals surface area (Å²) in [4.78, 5) is 12.3. The molecule has 1 aromatic heterocycles. The number of nitrogens with one attached hydrogen (secondary N) is 1. The summed E-state index contributed by atoms with van der Waals surface area (Å²) >= 11 is 2.97. The van der Waals surface area contributed by atoms with Gasteiger partial charge in [0.25, 0.3) is 15.9 Å². The van der Waals surface area contributed by atoms with Crippen LogP contribution in [0.3, 0.4) is 0 Å². The molecule has 3 rings (SSSR count). The quantitative estimate of drug-likeness (QED) is 0.546. The number of carbonyl (C=O) groups is 1. The summed E-state index contributed by atoms with van der Waals surface area (Å²) in [5.41, 5.74) is 0.948. The molecule has 0 spiro atoms. The van der Waals surface area contributed by atoms with Gasteiger partial charge in [0.15, 0.2) is 8.93 Å². The van der Waals surface area contributed by atoms with Crippen molar-refractivity contribution in [3.8, 4) is 0 Å². The highest BCUT2D eigenvalue weighted by Crippen LogP contribution is 2.28. The van der Waals surface area contributed by atoms with Crippen LogP contribution in [0.25, 0.3) is 6.08 Å². The van der Waals surface area contributed by atoms with Gasteiger partial charge in [-0.15, -0.1) is 4.40 Å². The number of amides is 1. The molecule has 1 aliphatic rings. The van der Waals surface area contributed by atoms with Crippen molar-refractivity contribution in [3.63, 3.8) is 0 Å². The minimum atomic E-state index is -3.88. The maximum absolute atomic E-state index is 12.3. The van der Waals surface area contributed by atoms with E-state index in [1.54, 1.807) is 30.3 Å².